The van der Waals surface area contributed by atoms with E-state index in [0.717, 1.165) is 12.5 Å². The molecule has 0 spiro atoms. The molecular formula is C13H13F3O2. The van der Waals surface area contributed by atoms with Crippen LogP contribution in [0.1, 0.15) is 30.1 Å². The van der Waals surface area contributed by atoms with Gasteiger partial charge in [0, 0.05) is 5.56 Å². The van der Waals surface area contributed by atoms with Crippen LogP contribution in [0.3, 0.4) is 0 Å². The van der Waals surface area contributed by atoms with Crippen molar-refractivity contribution in [2.24, 2.45) is 0 Å². The van der Waals surface area contributed by atoms with Crippen LogP contribution in [0.2, 0.25) is 0 Å². The van der Waals surface area contributed by atoms with Gasteiger partial charge in [-0.15, -0.1) is 0 Å². The lowest BCUT2D eigenvalue weighted by atomic mass is 9.99. The SMILES string of the molecule is OC(C1=CCCCO1)c1ccccc1C(F)(F)F. The van der Waals surface area contributed by atoms with Crippen LogP contribution < -0.4 is 0 Å². The van der Waals surface area contributed by atoms with Crippen molar-refractivity contribution in [3.05, 3.63) is 47.2 Å². The van der Waals surface area contributed by atoms with Crippen molar-refractivity contribution in [1.29, 1.82) is 0 Å². The van der Waals surface area contributed by atoms with Crippen LogP contribution in [0.25, 0.3) is 0 Å². The maximum atomic E-state index is 12.8. The predicted molar refractivity (Wildman–Crippen MR) is 59.7 cm³/mol. The third kappa shape index (κ3) is 2.67. The van der Waals surface area contributed by atoms with Crippen molar-refractivity contribution in [1.82, 2.24) is 0 Å². The lowest BCUT2D eigenvalue weighted by molar-refractivity contribution is -0.139. The van der Waals surface area contributed by atoms with Crippen LogP contribution in [0.4, 0.5) is 13.2 Å². The van der Waals surface area contributed by atoms with Crippen LogP contribution in [0.15, 0.2) is 36.1 Å². The second-order valence-corrected chi connectivity index (χ2v) is 4.08. The number of aliphatic hydroxyl groups excluding tert-OH is 1. The number of aliphatic hydroxyl groups is 1. The smallest absolute Gasteiger partial charge is 0.416 e. The third-order valence-corrected chi connectivity index (χ3v) is 2.79. The molecule has 0 aliphatic carbocycles. The molecule has 0 bridgehead atoms. The normalized spacial score (nSPS) is 17.9. The highest BCUT2D eigenvalue weighted by Gasteiger charge is 2.35. The van der Waals surface area contributed by atoms with Crippen LogP contribution in [-0.4, -0.2) is 11.7 Å². The van der Waals surface area contributed by atoms with Gasteiger partial charge in [0.2, 0.25) is 0 Å². The number of hydrogen-bond donors (Lipinski definition) is 1. The molecular weight excluding hydrogens is 245 g/mol. The molecule has 1 aliphatic heterocycles. The van der Waals surface area contributed by atoms with Gasteiger partial charge in [-0.05, 0) is 25.0 Å². The fraction of sp³-hybridized carbons (Fsp3) is 0.385. The number of benzene rings is 1. The van der Waals surface area contributed by atoms with Gasteiger partial charge in [-0.25, -0.2) is 0 Å². The zero-order chi connectivity index (χ0) is 13.2. The summed E-state index contributed by atoms with van der Waals surface area (Å²) in [4.78, 5) is 0. The number of ether oxygens (including phenoxy) is 1. The Morgan fingerprint density at radius 3 is 2.56 bits per heavy atom. The second kappa shape index (κ2) is 5.02. The molecule has 5 heteroatoms. The van der Waals surface area contributed by atoms with E-state index >= 15 is 0 Å². The van der Waals surface area contributed by atoms with E-state index in [2.05, 4.69) is 0 Å². The average molecular weight is 258 g/mol. The van der Waals surface area contributed by atoms with Crippen molar-refractivity contribution >= 4 is 0 Å². The lowest BCUT2D eigenvalue weighted by Gasteiger charge is -2.22. The van der Waals surface area contributed by atoms with Crippen molar-refractivity contribution in [3.63, 3.8) is 0 Å². The standard InChI is InChI=1S/C13H13F3O2/c14-13(15,16)10-6-2-1-5-9(10)12(17)11-7-3-4-8-18-11/h1-2,5-7,12,17H,3-4,8H2. The molecule has 2 rings (SSSR count). The summed E-state index contributed by atoms with van der Waals surface area (Å²) in [7, 11) is 0. The minimum Gasteiger partial charge on any atom is -0.495 e. The highest BCUT2D eigenvalue weighted by Crippen LogP contribution is 2.37. The summed E-state index contributed by atoms with van der Waals surface area (Å²) in [6, 6.07) is 5.00. The van der Waals surface area contributed by atoms with E-state index in [-0.39, 0.29) is 11.3 Å². The third-order valence-electron chi connectivity index (χ3n) is 2.79. The minimum absolute atomic E-state index is 0.168. The number of allylic oxidation sites excluding steroid dienone is 1. The molecule has 0 aromatic heterocycles. The van der Waals surface area contributed by atoms with E-state index < -0.39 is 17.8 Å². The molecule has 0 saturated carbocycles. The Hall–Kier alpha value is -1.49. The fourth-order valence-corrected chi connectivity index (χ4v) is 1.91. The summed E-state index contributed by atoms with van der Waals surface area (Å²) in [6.07, 6.45) is -2.67. The van der Waals surface area contributed by atoms with Gasteiger partial charge in [0.1, 0.15) is 11.9 Å². The summed E-state index contributed by atoms with van der Waals surface area (Å²) in [5.74, 6) is 0.206. The van der Waals surface area contributed by atoms with Gasteiger partial charge < -0.3 is 9.84 Å². The molecule has 1 heterocycles. The molecule has 0 saturated heterocycles. The molecule has 98 valence electrons. The Kier molecular flexibility index (Phi) is 3.61. The van der Waals surface area contributed by atoms with Crippen molar-refractivity contribution < 1.29 is 23.0 Å². The first-order valence-corrected chi connectivity index (χ1v) is 5.67. The molecule has 1 aromatic carbocycles. The second-order valence-electron chi connectivity index (χ2n) is 4.08. The number of halogens is 3. The first-order valence-electron chi connectivity index (χ1n) is 5.67. The molecule has 1 unspecified atom stereocenters. The molecule has 1 aliphatic rings. The van der Waals surface area contributed by atoms with E-state index in [1.54, 1.807) is 6.08 Å². The summed E-state index contributed by atoms with van der Waals surface area (Å²) >= 11 is 0. The summed E-state index contributed by atoms with van der Waals surface area (Å²) < 4.78 is 43.6. The van der Waals surface area contributed by atoms with Gasteiger partial charge in [-0.3, -0.25) is 0 Å². The molecule has 0 amide bonds. The maximum absolute atomic E-state index is 12.8. The van der Waals surface area contributed by atoms with Gasteiger partial charge in [0.15, 0.2) is 0 Å². The van der Waals surface area contributed by atoms with E-state index in [1.165, 1.54) is 18.2 Å². The number of hydrogen-bond acceptors (Lipinski definition) is 2. The van der Waals surface area contributed by atoms with Gasteiger partial charge >= 0.3 is 6.18 Å². The van der Waals surface area contributed by atoms with Gasteiger partial charge in [0.25, 0.3) is 0 Å². The summed E-state index contributed by atoms with van der Waals surface area (Å²) in [5, 5.41) is 10.00. The van der Waals surface area contributed by atoms with Gasteiger partial charge in [-0.2, -0.15) is 13.2 Å². The zero-order valence-corrected chi connectivity index (χ0v) is 9.57. The topological polar surface area (TPSA) is 29.5 Å². The Morgan fingerprint density at radius 2 is 1.94 bits per heavy atom. The van der Waals surface area contributed by atoms with E-state index in [4.69, 9.17) is 4.74 Å². The maximum Gasteiger partial charge on any atom is 0.416 e. The quantitative estimate of drug-likeness (QED) is 0.880. The Bertz CT molecular complexity index is 452. The monoisotopic (exact) mass is 258 g/mol. The average Bonchev–Trinajstić information content (AvgIpc) is 2.38. The van der Waals surface area contributed by atoms with Crippen molar-refractivity contribution in [2.45, 2.75) is 25.1 Å². The Labute approximate surface area is 103 Å². The summed E-state index contributed by atoms with van der Waals surface area (Å²) in [5.41, 5.74) is -0.995. The predicted octanol–water partition coefficient (Wildman–Crippen LogP) is 3.43. The molecule has 2 nitrogen and oxygen atoms in total. The minimum atomic E-state index is -4.48. The highest BCUT2D eigenvalue weighted by atomic mass is 19.4. The first-order chi connectivity index (χ1) is 8.50. The Morgan fingerprint density at radius 1 is 1.22 bits per heavy atom. The largest absolute Gasteiger partial charge is 0.495 e. The van der Waals surface area contributed by atoms with E-state index in [0.29, 0.717) is 13.0 Å². The molecule has 0 radical (unpaired) electrons. The van der Waals surface area contributed by atoms with Crippen molar-refractivity contribution in [3.8, 4) is 0 Å². The molecule has 18 heavy (non-hydrogen) atoms. The molecule has 1 aromatic rings. The highest BCUT2D eigenvalue weighted by molar-refractivity contribution is 5.34. The molecule has 1 N–H and O–H groups in total. The Balaban J connectivity index is 2.35. The van der Waals surface area contributed by atoms with Crippen LogP contribution in [0, 0.1) is 0 Å². The number of alkyl halides is 3. The van der Waals surface area contributed by atoms with Crippen LogP contribution >= 0.6 is 0 Å². The van der Waals surface area contributed by atoms with Gasteiger partial charge in [-0.1, -0.05) is 18.2 Å². The van der Waals surface area contributed by atoms with E-state index in [1.807, 2.05) is 0 Å². The lowest BCUT2D eigenvalue weighted by Crippen LogP contribution is -2.15. The fourth-order valence-electron chi connectivity index (χ4n) is 1.91. The van der Waals surface area contributed by atoms with Crippen LogP contribution in [-0.2, 0) is 10.9 Å². The first kappa shape index (κ1) is 13.0. The summed E-state index contributed by atoms with van der Waals surface area (Å²) in [6.45, 7) is 0.428. The van der Waals surface area contributed by atoms with Crippen LogP contribution in [0.5, 0.6) is 0 Å². The van der Waals surface area contributed by atoms with Crippen molar-refractivity contribution in [2.75, 3.05) is 6.61 Å². The van der Waals surface area contributed by atoms with Gasteiger partial charge in [0.05, 0.1) is 12.2 Å². The van der Waals surface area contributed by atoms with E-state index in [9.17, 15) is 18.3 Å². The number of rotatable bonds is 2. The molecule has 1 atom stereocenters. The molecule has 0 fully saturated rings. The zero-order valence-electron chi connectivity index (χ0n) is 9.57.